The van der Waals surface area contributed by atoms with E-state index in [0.717, 1.165) is 19.3 Å². The molecule has 0 spiro atoms. The molecule has 3 unspecified atom stereocenters. The molecule has 3 rings (SSSR count). The highest BCUT2D eigenvalue weighted by Gasteiger charge is 2.31. The van der Waals surface area contributed by atoms with Crippen molar-refractivity contribution in [3.63, 3.8) is 0 Å². The Bertz CT molecular complexity index is 548. The highest BCUT2D eigenvalue weighted by Crippen LogP contribution is 2.31. The van der Waals surface area contributed by atoms with E-state index in [1.54, 1.807) is 16.2 Å². The van der Waals surface area contributed by atoms with Crippen molar-refractivity contribution in [3.8, 4) is 0 Å². The lowest BCUT2D eigenvalue weighted by molar-refractivity contribution is -0.143. The summed E-state index contributed by atoms with van der Waals surface area (Å²) in [6.45, 7) is 1.57. The minimum atomic E-state index is -0.814. The second-order valence-electron chi connectivity index (χ2n) is 6.17. The number of rotatable bonds is 3. The van der Waals surface area contributed by atoms with E-state index in [2.05, 4.69) is 11.4 Å². The lowest BCUT2D eigenvalue weighted by atomic mass is 9.98. The number of carboxylic acid groups (broad SMARTS) is 1. The first-order chi connectivity index (χ1) is 11.1. The summed E-state index contributed by atoms with van der Waals surface area (Å²) < 4.78 is 5.80. The van der Waals surface area contributed by atoms with Crippen molar-refractivity contribution >= 4 is 23.3 Å². The second kappa shape index (κ2) is 7.31. The summed E-state index contributed by atoms with van der Waals surface area (Å²) in [5.41, 5.74) is 0. The van der Waals surface area contributed by atoms with Gasteiger partial charge < -0.3 is 20.1 Å². The molecule has 2 fully saturated rings. The molecule has 0 bridgehead atoms. The number of carboxylic acids is 1. The van der Waals surface area contributed by atoms with Crippen molar-refractivity contribution in [1.29, 1.82) is 0 Å². The number of hydrogen-bond donors (Lipinski definition) is 2. The molecule has 0 saturated carbocycles. The molecule has 1 aromatic heterocycles. The van der Waals surface area contributed by atoms with E-state index in [4.69, 9.17) is 9.84 Å². The maximum Gasteiger partial charge on any atom is 0.317 e. The first-order valence-electron chi connectivity index (χ1n) is 8.06. The van der Waals surface area contributed by atoms with Gasteiger partial charge in [-0.25, -0.2) is 4.79 Å². The third-order valence-corrected chi connectivity index (χ3v) is 5.49. The quantitative estimate of drug-likeness (QED) is 0.887. The van der Waals surface area contributed by atoms with Crippen LogP contribution in [-0.4, -0.2) is 47.7 Å². The number of amides is 2. The molecule has 23 heavy (non-hydrogen) atoms. The summed E-state index contributed by atoms with van der Waals surface area (Å²) in [6.07, 6.45) is 3.00. The number of urea groups is 1. The van der Waals surface area contributed by atoms with Gasteiger partial charge in [0.25, 0.3) is 0 Å². The van der Waals surface area contributed by atoms with Crippen LogP contribution in [0.4, 0.5) is 4.79 Å². The summed E-state index contributed by atoms with van der Waals surface area (Å²) in [5, 5.41) is 14.2. The molecule has 2 aliphatic heterocycles. The van der Waals surface area contributed by atoms with Crippen LogP contribution in [0, 0.1) is 5.92 Å². The standard InChI is InChI=1S/C16H22N2O4S/c19-15(20)11-3-1-6-18(10-11)16(21)17-12-5-7-22-13(9-12)14-4-2-8-23-14/h2,4,8,11-13H,1,3,5-7,9-10H2,(H,17,21)(H,19,20). The molecule has 7 heteroatoms. The fourth-order valence-corrected chi connectivity index (χ4v) is 4.02. The summed E-state index contributed by atoms with van der Waals surface area (Å²) >= 11 is 1.67. The van der Waals surface area contributed by atoms with Crippen LogP contribution in [-0.2, 0) is 9.53 Å². The lowest BCUT2D eigenvalue weighted by Crippen LogP contribution is -2.50. The van der Waals surface area contributed by atoms with Gasteiger partial charge in [-0.1, -0.05) is 6.07 Å². The Morgan fingerprint density at radius 1 is 1.39 bits per heavy atom. The molecule has 3 atom stereocenters. The van der Waals surface area contributed by atoms with E-state index in [9.17, 15) is 9.59 Å². The monoisotopic (exact) mass is 338 g/mol. The van der Waals surface area contributed by atoms with Crippen LogP contribution in [0.3, 0.4) is 0 Å². The number of nitrogens with zero attached hydrogens (tertiary/aromatic N) is 1. The number of carbonyl (C=O) groups is 2. The fraction of sp³-hybridized carbons (Fsp3) is 0.625. The summed E-state index contributed by atoms with van der Waals surface area (Å²) in [4.78, 5) is 26.3. The van der Waals surface area contributed by atoms with Crippen LogP contribution in [0.25, 0.3) is 0 Å². The SMILES string of the molecule is O=C(O)C1CCCN(C(=O)NC2CCOC(c3cccs3)C2)C1. The van der Waals surface area contributed by atoms with Crippen molar-refractivity contribution in [2.24, 2.45) is 5.92 Å². The average molecular weight is 338 g/mol. The maximum atomic E-state index is 12.4. The van der Waals surface area contributed by atoms with Gasteiger partial charge in [-0.3, -0.25) is 4.79 Å². The van der Waals surface area contributed by atoms with Gasteiger partial charge >= 0.3 is 12.0 Å². The zero-order chi connectivity index (χ0) is 16.2. The van der Waals surface area contributed by atoms with Crippen LogP contribution >= 0.6 is 11.3 Å². The molecule has 126 valence electrons. The molecule has 0 aromatic carbocycles. The summed E-state index contributed by atoms with van der Waals surface area (Å²) in [7, 11) is 0. The molecule has 2 saturated heterocycles. The van der Waals surface area contributed by atoms with E-state index < -0.39 is 11.9 Å². The topological polar surface area (TPSA) is 78.9 Å². The Hall–Kier alpha value is -1.60. The van der Waals surface area contributed by atoms with Gasteiger partial charge in [-0.2, -0.15) is 0 Å². The van der Waals surface area contributed by atoms with Gasteiger partial charge in [0.05, 0.1) is 12.0 Å². The normalized spacial score (nSPS) is 28.3. The average Bonchev–Trinajstić information content (AvgIpc) is 3.10. The van der Waals surface area contributed by atoms with Gasteiger partial charge in [-0.05, 0) is 37.1 Å². The Balaban J connectivity index is 1.54. The van der Waals surface area contributed by atoms with E-state index in [0.29, 0.717) is 26.1 Å². The number of carbonyl (C=O) groups excluding carboxylic acids is 1. The smallest absolute Gasteiger partial charge is 0.317 e. The molecule has 0 radical (unpaired) electrons. The van der Waals surface area contributed by atoms with E-state index in [-0.39, 0.29) is 18.2 Å². The minimum Gasteiger partial charge on any atom is -0.481 e. The van der Waals surface area contributed by atoms with Gasteiger partial charge in [0, 0.05) is 30.6 Å². The molecule has 2 aliphatic rings. The first-order valence-corrected chi connectivity index (χ1v) is 8.94. The Morgan fingerprint density at radius 2 is 2.26 bits per heavy atom. The van der Waals surface area contributed by atoms with Gasteiger partial charge in [0.15, 0.2) is 0 Å². The minimum absolute atomic E-state index is 0.0437. The van der Waals surface area contributed by atoms with Crippen molar-refractivity contribution in [3.05, 3.63) is 22.4 Å². The summed E-state index contributed by atoms with van der Waals surface area (Å²) in [6, 6.07) is 3.99. The zero-order valence-corrected chi connectivity index (χ0v) is 13.8. The molecule has 6 nitrogen and oxygen atoms in total. The fourth-order valence-electron chi connectivity index (χ4n) is 3.23. The molecular formula is C16H22N2O4S. The van der Waals surface area contributed by atoms with Crippen LogP contribution < -0.4 is 5.32 Å². The summed E-state index contributed by atoms with van der Waals surface area (Å²) in [5.74, 6) is -1.26. The van der Waals surface area contributed by atoms with Crippen LogP contribution in [0.5, 0.6) is 0 Å². The lowest BCUT2D eigenvalue weighted by Gasteiger charge is -2.34. The Labute approximate surface area is 139 Å². The molecule has 2 N–H and O–H groups in total. The third-order valence-electron chi connectivity index (χ3n) is 4.53. The van der Waals surface area contributed by atoms with Gasteiger partial charge in [0.2, 0.25) is 0 Å². The molecule has 2 amide bonds. The van der Waals surface area contributed by atoms with Crippen molar-refractivity contribution in [1.82, 2.24) is 10.2 Å². The van der Waals surface area contributed by atoms with Gasteiger partial charge in [-0.15, -0.1) is 11.3 Å². The molecular weight excluding hydrogens is 316 g/mol. The number of ether oxygens (including phenoxy) is 1. The number of likely N-dealkylation sites (tertiary alicyclic amines) is 1. The van der Waals surface area contributed by atoms with E-state index in [1.807, 2.05) is 11.4 Å². The zero-order valence-electron chi connectivity index (χ0n) is 12.9. The Morgan fingerprint density at radius 3 is 3.00 bits per heavy atom. The number of nitrogens with one attached hydrogen (secondary N) is 1. The molecule has 0 aliphatic carbocycles. The first kappa shape index (κ1) is 16.3. The van der Waals surface area contributed by atoms with E-state index >= 15 is 0 Å². The predicted molar refractivity (Wildman–Crippen MR) is 86.5 cm³/mol. The predicted octanol–water partition coefficient (Wildman–Crippen LogP) is 2.47. The largest absolute Gasteiger partial charge is 0.481 e. The number of aliphatic carboxylic acids is 1. The highest BCUT2D eigenvalue weighted by atomic mass is 32.1. The number of piperidine rings is 1. The second-order valence-corrected chi connectivity index (χ2v) is 7.15. The van der Waals surface area contributed by atoms with E-state index in [1.165, 1.54) is 4.88 Å². The van der Waals surface area contributed by atoms with Crippen LogP contribution in [0.2, 0.25) is 0 Å². The van der Waals surface area contributed by atoms with Crippen molar-refractivity contribution in [2.45, 2.75) is 37.8 Å². The van der Waals surface area contributed by atoms with Crippen LogP contribution in [0.1, 0.15) is 36.7 Å². The maximum absolute atomic E-state index is 12.4. The number of hydrogen-bond acceptors (Lipinski definition) is 4. The van der Waals surface area contributed by atoms with Gasteiger partial charge in [0.1, 0.15) is 0 Å². The van der Waals surface area contributed by atoms with Crippen LogP contribution in [0.15, 0.2) is 17.5 Å². The molecule has 1 aromatic rings. The highest BCUT2D eigenvalue weighted by molar-refractivity contribution is 7.10. The molecule has 3 heterocycles. The van der Waals surface area contributed by atoms with Crippen molar-refractivity contribution < 1.29 is 19.4 Å². The Kier molecular flexibility index (Phi) is 5.17. The van der Waals surface area contributed by atoms with Crippen molar-refractivity contribution in [2.75, 3.05) is 19.7 Å². The third kappa shape index (κ3) is 4.03. The number of thiophene rings is 1.